The summed E-state index contributed by atoms with van der Waals surface area (Å²) in [6.07, 6.45) is 5.53. The van der Waals surface area contributed by atoms with Crippen LogP contribution in [0.2, 0.25) is 0 Å². The van der Waals surface area contributed by atoms with Crippen molar-refractivity contribution in [1.29, 1.82) is 0 Å². The number of halogens is 1. The molecule has 2 heterocycles. The molecule has 0 bridgehead atoms. The Labute approximate surface area is 150 Å². The summed E-state index contributed by atoms with van der Waals surface area (Å²) in [5, 5.41) is 12.0. The molecule has 2 N–H and O–H groups in total. The molecule has 0 saturated heterocycles. The van der Waals surface area contributed by atoms with Gasteiger partial charge in [-0.2, -0.15) is 0 Å². The van der Waals surface area contributed by atoms with Gasteiger partial charge in [0.15, 0.2) is 0 Å². The number of aliphatic hydroxyl groups is 1. The summed E-state index contributed by atoms with van der Waals surface area (Å²) in [6.45, 7) is 3.92. The lowest BCUT2D eigenvalue weighted by Crippen LogP contribution is -2.35. The number of hydrogen-bond acceptors (Lipinski definition) is 4. The maximum atomic E-state index is 13.3. The molecule has 130 valence electrons. The van der Waals surface area contributed by atoms with Crippen LogP contribution in [0.3, 0.4) is 0 Å². The van der Waals surface area contributed by atoms with Gasteiger partial charge in [0, 0.05) is 23.7 Å². The SMILES string of the molecule is CC(C)C(O)(Cc1ccncc1)c1ncc(Sc2cccc(F)c2)[nH]1. The predicted molar refractivity (Wildman–Crippen MR) is 95.8 cm³/mol. The molecular formula is C19H20FN3OS. The topological polar surface area (TPSA) is 61.8 Å². The summed E-state index contributed by atoms with van der Waals surface area (Å²) in [5.41, 5.74) is -0.135. The molecular weight excluding hydrogens is 337 g/mol. The van der Waals surface area contributed by atoms with Crippen LogP contribution in [0.15, 0.2) is 64.9 Å². The number of aromatic nitrogens is 3. The maximum absolute atomic E-state index is 13.3. The summed E-state index contributed by atoms with van der Waals surface area (Å²) in [5.74, 6) is 0.193. The Kier molecular flexibility index (Phi) is 5.20. The first-order chi connectivity index (χ1) is 12.0. The van der Waals surface area contributed by atoms with Crippen LogP contribution in [0, 0.1) is 11.7 Å². The van der Waals surface area contributed by atoms with E-state index in [4.69, 9.17) is 0 Å². The molecule has 4 nitrogen and oxygen atoms in total. The van der Waals surface area contributed by atoms with Gasteiger partial charge in [-0.1, -0.05) is 31.7 Å². The Morgan fingerprint density at radius 2 is 2.00 bits per heavy atom. The summed E-state index contributed by atoms with van der Waals surface area (Å²) in [7, 11) is 0. The summed E-state index contributed by atoms with van der Waals surface area (Å²) in [4.78, 5) is 12.4. The molecule has 0 fully saturated rings. The van der Waals surface area contributed by atoms with Crippen molar-refractivity contribution in [2.75, 3.05) is 0 Å². The molecule has 0 saturated carbocycles. The molecule has 6 heteroatoms. The second-order valence-corrected chi connectivity index (χ2v) is 7.38. The molecule has 1 aromatic carbocycles. The van der Waals surface area contributed by atoms with Gasteiger partial charge in [-0.15, -0.1) is 0 Å². The third-order valence-electron chi connectivity index (χ3n) is 4.16. The van der Waals surface area contributed by atoms with Gasteiger partial charge in [-0.05, 0) is 41.8 Å². The fourth-order valence-corrected chi connectivity index (χ4v) is 3.43. The number of imidazole rings is 1. The van der Waals surface area contributed by atoms with E-state index in [1.54, 1.807) is 24.7 Å². The van der Waals surface area contributed by atoms with Crippen molar-refractivity contribution in [3.63, 3.8) is 0 Å². The van der Waals surface area contributed by atoms with Gasteiger partial charge in [0.25, 0.3) is 0 Å². The smallest absolute Gasteiger partial charge is 0.139 e. The van der Waals surface area contributed by atoms with Crippen molar-refractivity contribution in [1.82, 2.24) is 15.0 Å². The number of rotatable bonds is 6. The molecule has 0 aliphatic heterocycles. The van der Waals surface area contributed by atoms with Gasteiger partial charge in [-0.3, -0.25) is 4.98 Å². The van der Waals surface area contributed by atoms with E-state index in [-0.39, 0.29) is 11.7 Å². The zero-order valence-electron chi connectivity index (χ0n) is 14.1. The fraction of sp³-hybridized carbons (Fsp3) is 0.263. The van der Waals surface area contributed by atoms with E-state index in [0.717, 1.165) is 15.5 Å². The van der Waals surface area contributed by atoms with Gasteiger partial charge in [0.1, 0.15) is 17.2 Å². The first kappa shape index (κ1) is 17.6. The fourth-order valence-electron chi connectivity index (χ4n) is 2.61. The van der Waals surface area contributed by atoms with E-state index in [0.29, 0.717) is 12.2 Å². The van der Waals surface area contributed by atoms with Crippen molar-refractivity contribution in [2.45, 2.75) is 35.8 Å². The lowest BCUT2D eigenvalue weighted by atomic mass is 9.84. The molecule has 25 heavy (non-hydrogen) atoms. The van der Waals surface area contributed by atoms with Crippen LogP contribution >= 0.6 is 11.8 Å². The quantitative estimate of drug-likeness (QED) is 0.695. The molecule has 0 amide bonds. The van der Waals surface area contributed by atoms with Crippen molar-refractivity contribution >= 4 is 11.8 Å². The number of H-pyrrole nitrogens is 1. The molecule has 3 rings (SSSR count). The highest BCUT2D eigenvalue weighted by Gasteiger charge is 2.36. The Hall–Kier alpha value is -2.18. The zero-order chi connectivity index (χ0) is 17.9. The van der Waals surface area contributed by atoms with Crippen LogP contribution in [0.1, 0.15) is 25.2 Å². The molecule has 2 aromatic heterocycles. The van der Waals surface area contributed by atoms with E-state index in [1.807, 2.05) is 32.0 Å². The number of pyridine rings is 1. The van der Waals surface area contributed by atoms with Crippen LogP contribution in [-0.2, 0) is 12.0 Å². The van der Waals surface area contributed by atoms with Gasteiger partial charge in [0.05, 0.1) is 11.2 Å². The van der Waals surface area contributed by atoms with Crippen molar-refractivity contribution < 1.29 is 9.50 Å². The van der Waals surface area contributed by atoms with Gasteiger partial charge >= 0.3 is 0 Å². The van der Waals surface area contributed by atoms with E-state index < -0.39 is 5.60 Å². The van der Waals surface area contributed by atoms with E-state index in [9.17, 15) is 9.50 Å². The van der Waals surface area contributed by atoms with Crippen LogP contribution in [0.4, 0.5) is 4.39 Å². The molecule has 1 atom stereocenters. The molecule has 0 aliphatic rings. The molecule has 0 aliphatic carbocycles. The van der Waals surface area contributed by atoms with Crippen molar-refractivity contribution in [3.8, 4) is 0 Å². The second-order valence-electron chi connectivity index (χ2n) is 6.27. The summed E-state index contributed by atoms with van der Waals surface area (Å²) >= 11 is 1.38. The third-order valence-corrected chi connectivity index (χ3v) is 5.08. The minimum atomic E-state index is -1.12. The zero-order valence-corrected chi connectivity index (χ0v) is 14.9. The Bertz CT molecular complexity index is 837. The highest BCUT2D eigenvalue weighted by Crippen LogP contribution is 2.34. The second kappa shape index (κ2) is 7.37. The molecule has 3 aromatic rings. The monoisotopic (exact) mass is 357 g/mol. The number of nitrogens with one attached hydrogen (secondary N) is 1. The van der Waals surface area contributed by atoms with Crippen LogP contribution in [-0.4, -0.2) is 20.1 Å². The standard InChI is InChI=1S/C19H20FN3OS/c1-13(2)19(24,11-14-6-8-21-9-7-14)18-22-12-17(23-18)25-16-5-3-4-15(20)10-16/h3-10,12-13,24H,11H2,1-2H3,(H,22,23). The van der Waals surface area contributed by atoms with Crippen LogP contribution in [0.25, 0.3) is 0 Å². The lowest BCUT2D eigenvalue weighted by Gasteiger charge is -2.30. The highest BCUT2D eigenvalue weighted by molar-refractivity contribution is 7.99. The van der Waals surface area contributed by atoms with Crippen LogP contribution in [0.5, 0.6) is 0 Å². The maximum Gasteiger partial charge on any atom is 0.139 e. The molecule has 1 unspecified atom stereocenters. The number of hydrogen-bond donors (Lipinski definition) is 2. The third kappa shape index (κ3) is 4.08. The number of nitrogens with zero attached hydrogens (tertiary/aromatic N) is 2. The van der Waals surface area contributed by atoms with Gasteiger partial charge in [-0.25, -0.2) is 9.37 Å². The highest BCUT2D eigenvalue weighted by atomic mass is 32.2. The van der Waals surface area contributed by atoms with E-state index in [1.165, 1.54) is 23.9 Å². The Balaban J connectivity index is 1.84. The van der Waals surface area contributed by atoms with E-state index >= 15 is 0 Å². The normalized spacial score (nSPS) is 13.8. The number of aromatic amines is 1. The summed E-state index contributed by atoms with van der Waals surface area (Å²) in [6, 6.07) is 10.2. The largest absolute Gasteiger partial charge is 0.381 e. The van der Waals surface area contributed by atoms with Crippen molar-refractivity contribution in [3.05, 3.63) is 72.2 Å². The van der Waals surface area contributed by atoms with Crippen molar-refractivity contribution in [2.24, 2.45) is 5.92 Å². The summed E-state index contributed by atoms with van der Waals surface area (Å²) < 4.78 is 13.3. The van der Waals surface area contributed by atoms with Crippen LogP contribution < -0.4 is 0 Å². The Morgan fingerprint density at radius 3 is 2.68 bits per heavy atom. The lowest BCUT2D eigenvalue weighted by molar-refractivity contribution is -0.0179. The first-order valence-electron chi connectivity index (χ1n) is 8.07. The van der Waals surface area contributed by atoms with Gasteiger partial charge in [0.2, 0.25) is 0 Å². The van der Waals surface area contributed by atoms with Gasteiger partial charge < -0.3 is 10.1 Å². The minimum Gasteiger partial charge on any atom is -0.381 e. The van der Waals surface area contributed by atoms with E-state index in [2.05, 4.69) is 15.0 Å². The average Bonchev–Trinajstić information content (AvgIpc) is 3.04. The molecule has 0 radical (unpaired) electrons. The predicted octanol–water partition coefficient (Wildman–Crippen LogP) is 4.18. The first-order valence-corrected chi connectivity index (χ1v) is 8.89. The number of benzene rings is 1. The molecule has 0 spiro atoms. The Morgan fingerprint density at radius 1 is 1.24 bits per heavy atom. The minimum absolute atomic E-state index is 0.0427. The average molecular weight is 357 g/mol.